The van der Waals surface area contributed by atoms with E-state index in [0.29, 0.717) is 27.7 Å². The minimum Gasteiger partial charge on any atom is -0.507 e. The SMILES string of the molecule is Cc1ccccc1-c1nc2ccc(N=Cc3cc(Cl)ccc3O)cc2o1. The average Bonchev–Trinajstić information content (AvgIpc) is 3.06. The minimum absolute atomic E-state index is 0.126. The lowest BCUT2D eigenvalue weighted by molar-refractivity contribution is 0.474. The molecule has 1 N–H and O–H groups in total. The summed E-state index contributed by atoms with van der Waals surface area (Å²) in [5.41, 5.74) is 4.76. The summed E-state index contributed by atoms with van der Waals surface area (Å²) in [7, 11) is 0. The lowest BCUT2D eigenvalue weighted by atomic mass is 10.1. The third kappa shape index (κ3) is 3.19. The summed E-state index contributed by atoms with van der Waals surface area (Å²) in [5.74, 6) is 0.715. The van der Waals surface area contributed by atoms with Gasteiger partial charge in [0.15, 0.2) is 5.58 Å². The van der Waals surface area contributed by atoms with Crippen molar-refractivity contribution in [3.8, 4) is 17.2 Å². The largest absolute Gasteiger partial charge is 0.507 e. The maximum atomic E-state index is 9.86. The van der Waals surface area contributed by atoms with E-state index in [1.54, 1.807) is 18.3 Å². The van der Waals surface area contributed by atoms with Gasteiger partial charge in [0.05, 0.1) is 5.69 Å². The maximum absolute atomic E-state index is 9.86. The van der Waals surface area contributed by atoms with Crippen molar-refractivity contribution in [2.75, 3.05) is 0 Å². The van der Waals surface area contributed by atoms with Crippen LogP contribution in [0.25, 0.3) is 22.6 Å². The standard InChI is InChI=1S/C21H15ClN2O2/c1-13-4-2-3-5-17(13)21-24-18-8-7-16(11-20(18)26-21)23-12-14-10-15(22)6-9-19(14)25/h2-12,25H,1H3. The Balaban J connectivity index is 1.69. The Morgan fingerprint density at radius 3 is 2.77 bits per heavy atom. The number of nitrogens with zero attached hydrogens (tertiary/aromatic N) is 2. The van der Waals surface area contributed by atoms with Crippen LogP contribution in [0.2, 0.25) is 5.02 Å². The number of halogens is 1. The maximum Gasteiger partial charge on any atom is 0.227 e. The zero-order valence-electron chi connectivity index (χ0n) is 14.0. The molecular formula is C21H15ClN2O2. The molecule has 0 unspecified atom stereocenters. The van der Waals surface area contributed by atoms with E-state index in [-0.39, 0.29) is 5.75 Å². The van der Waals surface area contributed by atoms with Crippen LogP contribution in [0.5, 0.6) is 5.75 Å². The number of phenols is 1. The molecular weight excluding hydrogens is 348 g/mol. The zero-order chi connectivity index (χ0) is 18.1. The summed E-state index contributed by atoms with van der Waals surface area (Å²) in [4.78, 5) is 8.95. The Bertz CT molecular complexity index is 1130. The first-order valence-electron chi connectivity index (χ1n) is 8.09. The molecule has 4 rings (SSSR count). The molecule has 0 bridgehead atoms. The second-order valence-corrected chi connectivity index (χ2v) is 6.38. The Kier molecular flexibility index (Phi) is 4.19. The lowest BCUT2D eigenvalue weighted by Crippen LogP contribution is -1.82. The first-order chi connectivity index (χ1) is 12.6. The Morgan fingerprint density at radius 2 is 1.92 bits per heavy atom. The summed E-state index contributed by atoms with van der Waals surface area (Å²) in [6.07, 6.45) is 1.57. The molecule has 0 aliphatic heterocycles. The van der Waals surface area contributed by atoms with Crippen molar-refractivity contribution >= 4 is 34.6 Å². The number of hydrogen-bond acceptors (Lipinski definition) is 4. The summed E-state index contributed by atoms with van der Waals surface area (Å²) in [5, 5.41) is 10.4. The Morgan fingerprint density at radius 1 is 1.08 bits per heavy atom. The number of phenolic OH excluding ortho intramolecular Hbond substituents is 1. The summed E-state index contributed by atoms with van der Waals surface area (Å²) in [6.45, 7) is 2.03. The molecule has 4 aromatic rings. The smallest absolute Gasteiger partial charge is 0.227 e. The van der Waals surface area contributed by atoms with Crippen LogP contribution in [-0.2, 0) is 0 Å². The van der Waals surface area contributed by atoms with E-state index in [1.807, 2.05) is 49.4 Å². The molecule has 0 saturated heterocycles. The Labute approximate surface area is 155 Å². The molecule has 0 fully saturated rings. The fraction of sp³-hybridized carbons (Fsp3) is 0.0476. The van der Waals surface area contributed by atoms with Crippen molar-refractivity contribution < 1.29 is 9.52 Å². The van der Waals surface area contributed by atoms with Gasteiger partial charge in [-0.25, -0.2) is 4.98 Å². The molecule has 0 aliphatic carbocycles. The Hall–Kier alpha value is -3.11. The molecule has 0 amide bonds. The van der Waals surface area contributed by atoms with Crippen LogP contribution in [0.15, 0.2) is 70.1 Å². The number of oxazole rings is 1. The van der Waals surface area contributed by atoms with E-state index < -0.39 is 0 Å². The molecule has 5 heteroatoms. The molecule has 0 atom stereocenters. The molecule has 0 radical (unpaired) electrons. The van der Waals surface area contributed by atoms with Crippen molar-refractivity contribution in [1.82, 2.24) is 4.98 Å². The quantitative estimate of drug-likeness (QED) is 0.460. The van der Waals surface area contributed by atoms with Gasteiger partial charge in [0.2, 0.25) is 5.89 Å². The highest BCUT2D eigenvalue weighted by atomic mass is 35.5. The lowest BCUT2D eigenvalue weighted by Gasteiger charge is -1.99. The van der Waals surface area contributed by atoms with E-state index in [1.165, 1.54) is 6.07 Å². The van der Waals surface area contributed by atoms with Gasteiger partial charge >= 0.3 is 0 Å². The normalized spacial score (nSPS) is 11.5. The number of aryl methyl sites for hydroxylation is 1. The average molecular weight is 363 g/mol. The monoisotopic (exact) mass is 362 g/mol. The van der Waals surface area contributed by atoms with Crippen LogP contribution in [0.1, 0.15) is 11.1 Å². The number of aromatic nitrogens is 1. The highest BCUT2D eigenvalue weighted by Crippen LogP contribution is 2.29. The number of fused-ring (bicyclic) bond motifs is 1. The molecule has 26 heavy (non-hydrogen) atoms. The van der Waals surface area contributed by atoms with Crippen molar-refractivity contribution in [1.29, 1.82) is 0 Å². The van der Waals surface area contributed by atoms with Gasteiger partial charge in [0.25, 0.3) is 0 Å². The van der Waals surface area contributed by atoms with E-state index in [2.05, 4.69) is 9.98 Å². The summed E-state index contributed by atoms with van der Waals surface area (Å²) >= 11 is 5.95. The van der Waals surface area contributed by atoms with E-state index in [9.17, 15) is 5.11 Å². The first kappa shape index (κ1) is 16.4. The van der Waals surface area contributed by atoms with Gasteiger partial charge in [-0.1, -0.05) is 29.8 Å². The van der Waals surface area contributed by atoms with E-state index in [0.717, 1.165) is 16.6 Å². The predicted molar refractivity (Wildman–Crippen MR) is 105 cm³/mol. The molecule has 1 aromatic heterocycles. The number of aromatic hydroxyl groups is 1. The van der Waals surface area contributed by atoms with Crippen molar-refractivity contribution in [2.45, 2.75) is 6.92 Å². The van der Waals surface area contributed by atoms with Gasteiger partial charge < -0.3 is 9.52 Å². The van der Waals surface area contributed by atoms with Gasteiger partial charge in [0.1, 0.15) is 11.3 Å². The molecule has 1 heterocycles. The van der Waals surface area contributed by atoms with E-state index in [4.69, 9.17) is 16.0 Å². The first-order valence-corrected chi connectivity index (χ1v) is 8.47. The van der Waals surface area contributed by atoms with E-state index >= 15 is 0 Å². The van der Waals surface area contributed by atoms with Gasteiger partial charge in [-0.05, 0) is 48.9 Å². The zero-order valence-corrected chi connectivity index (χ0v) is 14.7. The summed E-state index contributed by atoms with van der Waals surface area (Å²) in [6, 6.07) is 18.3. The highest BCUT2D eigenvalue weighted by molar-refractivity contribution is 6.30. The number of aliphatic imine (C=N–C) groups is 1. The minimum atomic E-state index is 0.126. The van der Waals surface area contributed by atoms with Crippen LogP contribution in [0.4, 0.5) is 5.69 Å². The van der Waals surface area contributed by atoms with Gasteiger partial charge in [-0.3, -0.25) is 4.99 Å². The second kappa shape index (κ2) is 6.65. The number of benzene rings is 3. The van der Waals surface area contributed by atoms with Gasteiger partial charge in [0, 0.05) is 28.4 Å². The molecule has 0 spiro atoms. The van der Waals surface area contributed by atoms with Crippen molar-refractivity contribution in [3.63, 3.8) is 0 Å². The molecule has 3 aromatic carbocycles. The highest BCUT2D eigenvalue weighted by Gasteiger charge is 2.10. The number of hydrogen-bond donors (Lipinski definition) is 1. The van der Waals surface area contributed by atoms with Crippen LogP contribution < -0.4 is 0 Å². The topological polar surface area (TPSA) is 58.6 Å². The third-order valence-electron chi connectivity index (χ3n) is 4.09. The van der Waals surface area contributed by atoms with Crippen molar-refractivity contribution in [3.05, 3.63) is 76.8 Å². The number of rotatable bonds is 3. The molecule has 4 nitrogen and oxygen atoms in total. The van der Waals surface area contributed by atoms with Gasteiger partial charge in [-0.2, -0.15) is 0 Å². The van der Waals surface area contributed by atoms with Crippen molar-refractivity contribution in [2.24, 2.45) is 4.99 Å². The third-order valence-corrected chi connectivity index (χ3v) is 4.32. The fourth-order valence-electron chi connectivity index (χ4n) is 2.69. The van der Waals surface area contributed by atoms with Crippen LogP contribution in [-0.4, -0.2) is 16.3 Å². The van der Waals surface area contributed by atoms with Crippen LogP contribution in [0.3, 0.4) is 0 Å². The van der Waals surface area contributed by atoms with Crippen LogP contribution >= 0.6 is 11.6 Å². The second-order valence-electron chi connectivity index (χ2n) is 5.95. The predicted octanol–water partition coefficient (Wildman–Crippen LogP) is 5.91. The molecule has 128 valence electrons. The van der Waals surface area contributed by atoms with Crippen LogP contribution in [0, 0.1) is 6.92 Å². The summed E-state index contributed by atoms with van der Waals surface area (Å²) < 4.78 is 5.91. The fourth-order valence-corrected chi connectivity index (χ4v) is 2.88. The van der Waals surface area contributed by atoms with Gasteiger partial charge in [-0.15, -0.1) is 0 Å². The molecule has 0 saturated carbocycles. The molecule has 0 aliphatic rings.